The van der Waals surface area contributed by atoms with Gasteiger partial charge in [0, 0.05) is 13.1 Å². The lowest BCUT2D eigenvalue weighted by Crippen LogP contribution is -2.18. The second kappa shape index (κ2) is 6.37. The fraction of sp³-hybridized carbons (Fsp3) is 0.143. The van der Waals surface area contributed by atoms with Gasteiger partial charge in [-0.1, -0.05) is 45.7 Å². The first-order valence-electron chi connectivity index (χ1n) is 5.50. The zero-order chi connectivity index (χ0) is 13.1. The lowest BCUT2D eigenvalue weighted by molar-refractivity contribution is 0.689. The quantitative estimate of drug-likeness (QED) is 0.667. The molecule has 94 valence electrons. The zero-order valence-electron chi connectivity index (χ0n) is 9.75. The van der Waals surface area contributed by atoms with Gasteiger partial charge in [-0.15, -0.1) is 0 Å². The summed E-state index contributed by atoms with van der Waals surface area (Å²) in [6, 6.07) is 14.3. The van der Waals surface area contributed by atoms with Gasteiger partial charge in [0.15, 0.2) is 0 Å². The number of halogens is 3. The third-order valence-corrected chi connectivity index (χ3v) is 4.51. The summed E-state index contributed by atoms with van der Waals surface area (Å²) in [4.78, 5) is 0. The Kier molecular flexibility index (Phi) is 5.06. The van der Waals surface area contributed by atoms with E-state index in [-0.39, 0.29) is 6.04 Å². The standard InChI is InChI=1S/C14H12BrClIN/c1-18-14(10-4-2-3-5-13(10)16)11-8-9(17)6-7-12(11)15/h2-8,14,18H,1H3. The van der Waals surface area contributed by atoms with Gasteiger partial charge in [0.2, 0.25) is 0 Å². The predicted octanol–water partition coefficient (Wildman–Crippen LogP) is 5.02. The van der Waals surface area contributed by atoms with Crippen LogP contribution in [0.2, 0.25) is 5.02 Å². The van der Waals surface area contributed by atoms with E-state index < -0.39 is 0 Å². The van der Waals surface area contributed by atoms with Gasteiger partial charge in [-0.3, -0.25) is 0 Å². The summed E-state index contributed by atoms with van der Waals surface area (Å²) in [6.07, 6.45) is 0. The molecule has 4 heteroatoms. The van der Waals surface area contributed by atoms with Gasteiger partial charge in [0.1, 0.15) is 0 Å². The first-order valence-corrected chi connectivity index (χ1v) is 7.75. The highest BCUT2D eigenvalue weighted by Gasteiger charge is 2.17. The van der Waals surface area contributed by atoms with Gasteiger partial charge in [0.05, 0.1) is 6.04 Å². The minimum atomic E-state index is 0.0859. The smallest absolute Gasteiger partial charge is 0.0600 e. The van der Waals surface area contributed by atoms with Crippen molar-refractivity contribution < 1.29 is 0 Å². The van der Waals surface area contributed by atoms with Gasteiger partial charge >= 0.3 is 0 Å². The fourth-order valence-corrected chi connectivity index (χ4v) is 3.16. The summed E-state index contributed by atoms with van der Waals surface area (Å²) in [6.45, 7) is 0. The number of hydrogen-bond donors (Lipinski definition) is 1. The maximum Gasteiger partial charge on any atom is 0.0600 e. The predicted molar refractivity (Wildman–Crippen MR) is 89.2 cm³/mol. The molecule has 1 N–H and O–H groups in total. The van der Waals surface area contributed by atoms with E-state index in [0.717, 1.165) is 15.1 Å². The van der Waals surface area contributed by atoms with Crippen molar-refractivity contribution >= 4 is 50.1 Å². The molecule has 1 atom stereocenters. The first-order chi connectivity index (χ1) is 8.63. The lowest BCUT2D eigenvalue weighted by Gasteiger charge is -2.20. The van der Waals surface area contributed by atoms with Gasteiger partial charge in [-0.2, -0.15) is 0 Å². The minimum Gasteiger partial charge on any atom is -0.309 e. The molecule has 18 heavy (non-hydrogen) atoms. The molecule has 2 aromatic carbocycles. The summed E-state index contributed by atoms with van der Waals surface area (Å²) >= 11 is 12.2. The average molecular weight is 437 g/mol. The molecule has 1 nitrogen and oxygen atoms in total. The van der Waals surface area contributed by atoms with Crippen molar-refractivity contribution in [3.63, 3.8) is 0 Å². The minimum absolute atomic E-state index is 0.0859. The van der Waals surface area contributed by atoms with E-state index in [1.165, 1.54) is 9.13 Å². The molecular formula is C14H12BrClIN. The largest absolute Gasteiger partial charge is 0.309 e. The number of nitrogens with one attached hydrogen (secondary N) is 1. The third-order valence-electron chi connectivity index (χ3n) is 2.77. The highest BCUT2D eigenvalue weighted by molar-refractivity contribution is 14.1. The maximum absolute atomic E-state index is 6.28. The van der Waals surface area contributed by atoms with E-state index in [1.807, 2.05) is 25.2 Å². The second-order valence-electron chi connectivity index (χ2n) is 3.91. The molecule has 0 saturated carbocycles. The Morgan fingerprint density at radius 2 is 1.89 bits per heavy atom. The van der Waals surface area contributed by atoms with Crippen LogP contribution in [0.4, 0.5) is 0 Å². The van der Waals surface area contributed by atoms with E-state index in [4.69, 9.17) is 11.6 Å². The Hall–Kier alpha value is -0.100. The lowest BCUT2D eigenvalue weighted by atomic mass is 9.99. The molecule has 0 bridgehead atoms. The Morgan fingerprint density at radius 1 is 1.17 bits per heavy atom. The Morgan fingerprint density at radius 3 is 2.56 bits per heavy atom. The Labute approximate surface area is 134 Å². The summed E-state index contributed by atoms with van der Waals surface area (Å²) in [5.41, 5.74) is 2.28. The molecule has 2 aromatic rings. The average Bonchev–Trinajstić information content (AvgIpc) is 2.36. The first kappa shape index (κ1) is 14.3. The van der Waals surface area contributed by atoms with Crippen molar-refractivity contribution in [3.8, 4) is 0 Å². The molecule has 0 aliphatic carbocycles. The highest BCUT2D eigenvalue weighted by atomic mass is 127. The van der Waals surface area contributed by atoms with Crippen LogP contribution in [0, 0.1) is 3.57 Å². The fourth-order valence-electron chi connectivity index (χ4n) is 1.92. The molecule has 0 fully saturated rings. The number of benzene rings is 2. The van der Waals surface area contributed by atoms with Crippen LogP contribution in [0.15, 0.2) is 46.9 Å². The summed E-state index contributed by atoms with van der Waals surface area (Å²) < 4.78 is 2.29. The zero-order valence-corrected chi connectivity index (χ0v) is 14.3. The molecule has 0 saturated heterocycles. The molecule has 0 aliphatic heterocycles. The van der Waals surface area contributed by atoms with Crippen LogP contribution in [0.25, 0.3) is 0 Å². The van der Waals surface area contributed by atoms with Crippen LogP contribution in [0.3, 0.4) is 0 Å². The normalized spacial score (nSPS) is 12.4. The molecule has 0 aliphatic rings. The van der Waals surface area contributed by atoms with Gasteiger partial charge in [0.25, 0.3) is 0 Å². The van der Waals surface area contributed by atoms with Crippen LogP contribution in [0.5, 0.6) is 0 Å². The van der Waals surface area contributed by atoms with Gasteiger partial charge < -0.3 is 5.32 Å². The number of rotatable bonds is 3. The highest BCUT2D eigenvalue weighted by Crippen LogP contribution is 2.33. The van der Waals surface area contributed by atoms with Gasteiger partial charge in [-0.25, -0.2) is 0 Å². The molecule has 2 rings (SSSR count). The molecule has 0 heterocycles. The van der Waals surface area contributed by atoms with Crippen molar-refractivity contribution in [3.05, 3.63) is 66.7 Å². The van der Waals surface area contributed by atoms with E-state index in [9.17, 15) is 0 Å². The van der Waals surface area contributed by atoms with Gasteiger partial charge in [-0.05, 0) is 65.0 Å². The van der Waals surface area contributed by atoms with E-state index in [0.29, 0.717) is 0 Å². The maximum atomic E-state index is 6.28. The van der Waals surface area contributed by atoms with E-state index >= 15 is 0 Å². The molecule has 0 amide bonds. The molecular weight excluding hydrogens is 424 g/mol. The Balaban J connectivity index is 2.52. The third kappa shape index (κ3) is 3.07. The van der Waals surface area contributed by atoms with Crippen molar-refractivity contribution in [2.75, 3.05) is 7.05 Å². The summed E-state index contributed by atoms with van der Waals surface area (Å²) in [5, 5.41) is 4.11. The summed E-state index contributed by atoms with van der Waals surface area (Å²) in [5.74, 6) is 0. The van der Waals surface area contributed by atoms with Crippen LogP contribution in [0.1, 0.15) is 17.2 Å². The van der Waals surface area contributed by atoms with E-state index in [2.05, 4.69) is 68.1 Å². The van der Waals surface area contributed by atoms with Crippen molar-refractivity contribution in [1.29, 1.82) is 0 Å². The molecule has 0 radical (unpaired) electrons. The SMILES string of the molecule is CNC(c1ccccc1Cl)c1cc(I)ccc1Br. The molecule has 0 spiro atoms. The van der Waals surface area contributed by atoms with Crippen LogP contribution >= 0.6 is 50.1 Å². The number of hydrogen-bond acceptors (Lipinski definition) is 1. The topological polar surface area (TPSA) is 12.0 Å². The summed E-state index contributed by atoms with van der Waals surface area (Å²) in [7, 11) is 1.94. The molecule has 1 unspecified atom stereocenters. The van der Waals surface area contributed by atoms with E-state index in [1.54, 1.807) is 0 Å². The van der Waals surface area contributed by atoms with Crippen LogP contribution < -0.4 is 5.32 Å². The van der Waals surface area contributed by atoms with Crippen LogP contribution in [-0.2, 0) is 0 Å². The van der Waals surface area contributed by atoms with Crippen LogP contribution in [-0.4, -0.2) is 7.05 Å². The van der Waals surface area contributed by atoms with Crippen molar-refractivity contribution in [1.82, 2.24) is 5.32 Å². The second-order valence-corrected chi connectivity index (χ2v) is 6.42. The molecule has 0 aromatic heterocycles. The van der Waals surface area contributed by atoms with Crippen molar-refractivity contribution in [2.45, 2.75) is 6.04 Å². The van der Waals surface area contributed by atoms with Crippen molar-refractivity contribution in [2.24, 2.45) is 0 Å². The monoisotopic (exact) mass is 435 g/mol. The Bertz CT molecular complexity index is 559.